The van der Waals surface area contributed by atoms with E-state index < -0.39 is 20.9 Å². The molecule has 1 aliphatic rings. The van der Waals surface area contributed by atoms with E-state index in [2.05, 4.69) is 49.9 Å². The SMILES string of the molecule is CCN(CC)c1ccc2c(c1)OC(=O)C([Te]c1ccccc1)[C@@H]2C. The second-order valence-electron chi connectivity index (χ2n) is 5.96. The molecule has 1 unspecified atom stereocenters. The van der Waals surface area contributed by atoms with Crippen LogP contribution in [0.25, 0.3) is 0 Å². The molecule has 3 rings (SSSR count). The second-order valence-corrected chi connectivity index (χ2v) is 9.42. The van der Waals surface area contributed by atoms with E-state index in [0.717, 1.165) is 30.1 Å². The Balaban J connectivity index is 1.87. The van der Waals surface area contributed by atoms with Crippen molar-refractivity contribution >= 4 is 36.2 Å². The molecule has 0 bridgehead atoms. The van der Waals surface area contributed by atoms with Gasteiger partial charge in [0.15, 0.2) is 0 Å². The van der Waals surface area contributed by atoms with Gasteiger partial charge in [-0.2, -0.15) is 0 Å². The van der Waals surface area contributed by atoms with Crippen molar-refractivity contribution in [3.8, 4) is 5.75 Å². The molecule has 0 saturated carbocycles. The molecule has 0 aliphatic carbocycles. The Labute approximate surface area is 154 Å². The van der Waals surface area contributed by atoms with Crippen LogP contribution >= 0.6 is 0 Å². The quantitative estimate of drug-likeness (QED) is 0.409. The first-order valence-electron chi connectivity index (χ1n) is 8.46. The minimum absolute atomic E-state index is 0.00426. The summed E-state index contributed by atoms with van der Waals surface area (Å²) < 4.78 is 7.04. The van der Waals surface area contributed by atoms with Crippen LogP contribution in [0, 0.1) is 0 Å². The Morgan fingerprint density at radius 2 is 1.79 bits per heavy atom. The number of esters is 1. The number of benzene rings is 2. The van der Waals surface area contributed by atoms with Crippen LogP contribution in [0.2, 0.25) is 3.97 Å². The van der Waals surface area contributed by atoms with Gasteiger partial charge in [0.25, 0.3) is 0 Å². The zero-order chi connectivity index (χ0) is 17.1. The van der Waals surface area contributed by atoms with Gasteiger partial charge in [0.1, 0.15) is 0 Å². The van der Waals surface area contributed by atoms with Crippen LogP contribution in [0.5, 0.6) is 5.75 Å². The first-order valence-corrected chi connectivity index (χ1v) is 11.0. The van der Waals surface area contributed by atoms with Gasteiger partial charge in [-0.05, 0) is 0 Å². The summed E-state index contributed by atoms with van der Waals surface area (Å²) in [6.07, 6.45) is 0. The van der Waals surface area contributed by atoms with E-state index >= 15 is 0 Å². The Morgan fingerprint density at radius 1 is 1.08 bits per heavy atom. The third kappa shape index (κ3) is 3.45. The zero-order valence-corrected chi connectivity index (χ0v) is 16.7. The molecule has 0 amide bonds. The second kappa shape index (κ2) is 7.59. The van der Waals surface area contributed by atoms with E-state index in [4.69, 9.17) is 4.74 Å². The molecule has 24 heavy (non-hydrogen) atoms. The third-order valence-electron chi connectivity index (χ3n) is 4.52. The van der Waals surface area contributed by atoms with Gasteiger partial charge in [0.2, 0.25) is 0 Å². The molecule has 0 aromatic heterocycles. The van der Waals surface area contributed by atoms with E-state index in [1.165, 1.54) is 3.61 Å². The molecule has 0 N–H and O–H groups in total. The number of nitrogens with zero attached hydrogens (tertiary/aromatic N) is 1. The van der Waals surface area contributed by atoms with Gasteiger partial charge in [0, 0.05) is 0 Å². The summed E-state index contributed by atoms with van der Waals surface area (Å²) in [5.74, 6) is 0.904. The Morgan fingerprint density at radius 3 is 2.46 bits per heavy atom. The zero-order valence-electron chi connectivity index (χ0n) is 14.4. The van der Waals surface area contributed by atoms with Crippen LogP contribution in [0.1, 0.15) is 32.3 Å². The molecule has 3 nitrogen and oxygen atoms in total. The van der Waals surface area contributed by atoms with Crippen LogP contribution in [-0.2, 0) is 4.79 Å². The Hall–Kier alpha value is -1.50. The predicted octanol–water partition coefficient (Wildman–Crippen LogP) is 3.37. The standard InChI is InChI=1S/C20H23NO2Te/c1-4-21(5-2)15-11-12-17-14(3)19(20(22)23-18(17)13-15)24-16-9-7-6-8-10-16/h6-14,19H,4-5H2,1-3H3/t14-,19?/m1/s1. The van der Waals surface area contributed by atoms with Crippen molar-refractivity contribution in [2.24, 2.45) is 0 Å². The summed E-state index contributed by atoms with van der Waals surface area (Å²) in [6.45, 7) is 8.33. The monoisotopic (exact) mass is 439 g/mol. The first-order chi connectivity index (χ1) is 11.6. The van der Waals surface area contributed by atoms with Gasteiger partial charge < -0.3 is 0 Å². The van der Waals surface area contributed by atoms with E-state index in [1.54, 1.807) is 0 Å². The Kier molecular flexibility index (Phi) is 5.48. The van der Waals surface area contributed by atoms with Gasteiger partial charge in [-0.3, -0.25) is 0 Å². The van der Waals surface area contributed by atoms with Crippen LogP contribution < -0.4 is 13.2 Å². The van der Waals surface area contributed by atoms with Crippen molar-refractivity contribution in [1.29, 1.82) is 0 Å². The van der Waals surface area contributed by atoms with Crippen molar-refractivity contribution in [2.75, 3.05) is 18.0 Å². The molecule has 0 saturated heterocycles. The summed E-state index contributed by atoms with van der Waals surface area (Å²) in [5, 5.41) is 0. The number of carbonyl (C=O) groups excluding carboxylic acids is 1. The molecule has 2 atom stereocenters. The van der Waals surface area contributed by atoms with E-state index in [9.17, 15) is 4.79 Å². The van der Waals surface area contributed by atoms with E-state index in [1.807, 2.05) is 24.3 Å². The average Bonchev–Trinajstić information content (AvgIpc) is 2.60. The van der Waals surface area contributed by atoms with Crippen LogP contribution in [-0.4, -0.2) is 40.0 Å². The molecule has 4 heteroatoms. The van der Waals surface area contributed by atoms with Gasteiger partial charge in [-0.15, -0.1) is 0 Å². The van der Waals surface area contributed by atoms with Gasteiger partial charge in [0.05, 0.1) is 0 Å². The third-order valence-corrected chi connectivity index (χ3v) is 8.51. The molecule has 2 aromatic carbocycles. The average molecular weight is 437 g/mol. The van der Waals surface area contributed by atoms with Crippen LogP contribution in [0.15, 0.2) is 48.5 Å². The normalized spacial score (nSPS) is 19.5. The molecular weight excluding hydrogens is 414 g/mol. The van der Waals surface area contributed by atoms with E-state index in [-0.39, 0.29) is 15.9 Å². The van der Waals surface area contributed by atoms with Crippen LogP contribution in [0.3, 0.4) is 0 Å². The van der Waals surface area contributed by atoms with Crippen molar-refractivity contribution in [3.05, 3.63) is 54.1 Å². The fourth-order valence-electron chi connectivity index (χ4n) is 3.10. The molecule has 0 fully saturated rings. The molecule has 1 aliphatic heterocycles. The molecule has 1 heterocycles. The number of hydrogen-bond donors (Lipinski definition) is 0. The molecule has 126 valence electrons. The Bertz CT molecular complexity index is 713. The summed E-state index contributed by atoms with van der Waals surface area (Å²) in [4.78, 5) is 14.9. The predicted molar refractivity (Wildman–Crippen MR) is 99.6 cm³/mol. The maximum atomic E-state index is 12.6. The number of ether oxygens (including phenoxy) is 1. The number of hydrogen-bond acceptors (Lipinski definition) is 3. The van der Waals surface area contributed by atoms with Crippen molar-refractivity contribution < 1.29 is 9.53 Å². The minimum atomic E-state index is -0.619. The fourth-order valence-corrected chi connectivity index (χ4v) is 6.25. The summed E-state index contributed by atoms with van der Waals surface area (Å²) in [7, 11) is 0. The molecular formula is C20H23NO2Te. The summed E-state index contributed by atoms with van der Waals surface area (Å²) in [5.41, 5.74) is 2.29. The topological polar surface area (TPSA) is 29.5 Å². The van der Waals surface area contributed by atoms with Crippen molar-refractivity contribution in [1.82, 2.24) is 0 Å². The number of anilines is 1. The molecule has 0 spiro atoms. The first kappa shape index (κ1) is 17.3. The molecule has 0 radical (unpaired) electrons. The van der Waals surface area contributed by atoms with E-state index in [0.29, 0.717) is 0 Å². The number of carbonyl (C=O) groups is 1. The number of rotatable bonds is 5. The van der Waals surface area contributed by atoms with Crippen LogP contribution in [0.4, 0.5) is 5.69 Å². The summed E-state index contributed by atoms with van der Waals surface area (Å²) >= 11 is -0.619. The maximum absolute atomic E-state index is 12.6. The number of fused-ring (bicyclic) bond motifs is 1. The summed E-state index contributed by atoms with van der Waals surface area (Å²) in [6, 6.07) is 16.7. The van der Waals surface area contributed by atoms with Gasteiger partial charge in [-0.25, -0.2) is 0 Å². The van der Waals surface area contributed by atoms with Crippen molar-refractivity contribution in [2.45, 2.75) is 30.7 Å². The fraction of sp³-hybridized carbons (Fsp3) is 0.350. The molecule has 2 aromatic rings. The van der Waals surface area contributed by atoms with Gasteiger partial charge in [-0.1, -0.05) is 0 Å². The van der Waals surface area contributed by atoms with Crippen molar-refractivity contribution in [3.63, 3.8) is 0 Å². The van der Waals surface area contributed by atoms with Gasteiger partial charge >= 0.3 is 154 Å².